The van der Waals surface area contributed by atoms with Crippen LogP contribution in [0.2, 0.25) is 0 Å². The summed E-state index contributed by atoms with van der Waals surface area (Å²) >= 11 is 0.713. The topological polar surface area (TPSA) is 129 Å². The fraction of sp³-hybridized carbons (Fsp3) is 0.136. The van der Waals surface area contributed by atoms with Crippen molar-refractivity contribution in [1.82, 2.24) is 9.55 Å². The lowest BCUT2D eigenvalue weighted by molar-refractivity contribution is 0.0704. The minimum Gasteiger partial charge on any atom is -0.496 e. The molecule has 14 heteroatoms. The first-order chi connectivity index (χ1) is 17.2. The largest absolute Gasteiger partial charge is 0.496 e. The molecule has 36 heavy (non-hydrogen) atoms. The van der Waals surface area contributed by atoms with Crippen molar-refractivity contribution in [3.05, 3.63) is 72.3 Å². The third kappa shape index (κ3) is 3.53. The number of aromatic carboxylic acids is 1. The molecule has 0 radical (unpaired) electrons. The second-order valence-corrected chi connectivity index (χ2v) is 8.21. The Hall–Kier alpha value is -4.46. The molecule has 0 aliphatic carbocycles. The number of hydrogen-bond donors (Lipinski definition) is 2. The van der Waals surface area contributed by atoms with Gasteiger partial charge in [-0.2, -0.15) is 0 Å². The Labute approximate surface area is 201 Å². The van der Waals surface area contributed by atoms with Gasteiger partial charge in [0.15, 0.2) is 23.2 Å². The molecule has 0 saturated carbocycles. The van der Waals surface area contributed by atoms with Gasteiger partial charge in [-0.05, 0) is 12.1 Å². The monoisotopic (exact) mass is 522 g/mol. The van der Waals surface area contributed by atoms with Crippen molar-refractivity contribution in [3.63, 3.8) is 0 Å². The van der Waals surface area contributed by atoms with Crippen molar-refractivity contribution < 1.29 is 42.0 Å². The molecule has 186 valence electrons. The van der Waals surface area contributed by atoms with Crippen molar-refractivity contribution in [3.8, 4) is 28.7 Å². The number of carboxylic acids is 1. The third-order valence-corrected chi connectivity index (χ3v) is 6.33. The van der Waals surface area contributed by atoms with E-state index in [2.05, 4.69) is 4.98 Å². The average Bonchev–Trinajstić information content (AvgIpc) is 3.50. The number of carbonyl (C=O) groups is 1. The van der Waals surface area contributed by atoms with Crippen LogP contribution in [0.3, 0.4) is 0 Å². The number of ether oxygens (including phenoxy) is 4. The van der Waals surface area contributed by atoms with Gasteiger partial charge < -0.3 is 29.0 Å². The van der Waals surface area contributed by atoms with Crippen LogP contribution in [0.5, 0.6) is 23.0 Å². The van der Waals surface area contributed by atoms with Crippen molar-refractivity contribution in [2.24, 2.45) is 0 Å². The van der Waals surface area contributed by atoms with Gasteiger partial charge in [0, 0.05) is 11.4 Å². The highest BCUT2D eigenvalue weighted by Crippen LogP contribution is 2.45. The molecule has 0 amide bonds. The summed E-state index contributed by atoms with van der Waals surface area (Å²) in [5.74, 6) is -5.99. The Balaban J connectivity index is 1.67. The molecule has 3 heterocycles. The van der Waals surface area contributed by atoms with Crippen LogP contribution in [0, 0.1) is 17.5 Å². The minimum atomic E-state index is -1.41. The van der Waals surface area contributed by atoms with E-state index in [4.69, 9.17) is 18.9 Å². The number of nitrogens with one attached hydrogen (secondary N) is 1. The van der Waals surface area contributed by atoms with E-state index in [1.165, 1.54) is 18.6 Å². The zero-order chi connectivity index (χ0) is 25.7. The lowest BCUT2D eigenvalue weighted by Gasteiger charge is -2.15. The molecule has 2 N–H and O–H groups in total. The highest BCUT2D eigenvalue weighted by Gasteiger charge is 2.30. The third-order valence-electron chi connectivity index (χ3n) is 5.36. The normalized spacial score (nSPS) is 12.2. The van der Waals surface area contributed by atoms with Gasteiger partial charge in [-0.15, -0.1) is 11.3 Å². The van der Waals surface area contributed by atoms with Gasteiger partial charge in [-0.3, -0.25) is 4.79 Å². The van der Waals surface area contributed by atoms with Crippen LogP contribution in [0.4, 0.5) is 13.2 Å². The van der Waals surface area contributed by atoms with E-state index in [0.717, 1.165) is 12.1 Å². The van der Waals surface area contributed by atoms with E-state index >= 15 is 4.39 Å². The van der Waals surface area contributed by atoms with E-state index < -0.39 is 59.5 Å². The van der Waals surface area contributed by atoms with Crippen molar-refractivity contribution in [1.29, 1.82) is 0 Å². The summed E-state index contributed by atoms with van der Waals surface area (Å²) in [6, 6.07) is 2.99. The first-order valence-electron chi connectivity index (χ1n) is 9.98. The summed E-state index contributed by atoms with van der Waals surface area (Å²) in [4.78, 5) is 39.4. The van der Waals surface area contributed by atoms with Gasteiger partial charge in [-0.25, -0.2) is 27.3 Å². The zero-order valence-corrected chi connectivity index (χ0v) is 18.8. The number of aromatic amines is 1. The summed E-state index contributed by atoms with van der Waals surface area (Å²) in [6.45, 7) is -1.03. The zero-order valence-electron chi connectivity index (χ0n) is 18.0. The van der Waals surface area contributed by atoms with Crippen LogP contribution in [0.15, 0.2) is 33.2 Å². The molecule has 5 rings (SSSR count). The van der Waals surface area contributed by atoms with E-state index in [9.17, 15) is 28.3 Å². The molecule has 0 atom stereocenters. The highest BCUT2D eigenvalue weighted by atomic mass is 32.1. The second-order valence-electron chi connectivity index (χ2n) is 7.33. The van der Waals surface area contributed by atoms with Crippen molar-refractivity contribution >= 4 is 28.2 Å². The lowest BCUT2D eigenvalue weighted by Crippen LogP contribution is -2.34. The van der Waals surface area contributed by atoms with E-state index in [1.54, 1.807) is 0 Å². The number of methoxy groups -OCH3 is 1. The number of carboxylic acid groups (broad SMARTS) is 1. The maximum Gasteiger partial charge on any atom is 0.346 e. The minimum absolute atomic E-state index is 0.0261. The summed E-state index contributed by atoms with van der Waals surface area (Å²) < 4.78 is 64.8. The predicted octanol–water partition coefficient (Wildman–Crippen LogP) is 3.17. The fourth-order valence-corrected chi connectivity index (χ4v) is 4.56. The smallest absolute Gasteiger partial charge is 0.346 e. The molecule has 0 saturated heterocycles. The van der Waals surface area contributed by atoms with Gasteiger partial charge in [-0.1, -0.05) is 0 Å². The number of benzene rings is 2. The molecule has 2 aromatic heterocycles. The Morgan fingerprint density at radius 3 is 2.64 bits per heavy atom. The maximum atomic E-state index is 15.4. The maximum absolute atomic E-state index is 15.4. The van der Waals surface area contributed by atoms with Crippen molar-refractivity contribution in [2.75, 3.05) is 13.9 Å². The van der Waals surface area contributed by atoms with Gasteiger partial charge in [0.25, 0.3) is 5.56 Å². The van der Waals surface area contributed by atoms with E-state index in [1.807, 2.05) is 0 Å². The Bertz CT molecular complexity index is 1680. The molecule has 2 aromatic carbocycles. The number of halogens is 3. The molecule has 0 unspecified atom stereocenters. The number of nitrogens with zero attached hydrogens (tertiary/aromatic N) is 1. The summed E-state index contributed by atoms with van der Waals surface area (Å²) in [7, 11) is 1.24. The van der Waals surface area contributed by atoms with Crippen LogP contribution < -0.4 is 30.2 Å². The average molecular weight is 522 g/mol. The SMILES string of the molecule is COc1ccc(F)c(F)c1COc1cc(-n2c(=O)[nH]c3csc(C(=O)O)c3c2=O)c(F)c2c1OCO2. The molecule has 1 aliphatic heterocycles. The summed E-state index contributed by atoms with van der Waals surface area (Å²) in [6.07, 6.45) is 0. The van der Waals surface area contributed by atoms with Gasteiger partial charge in [0.05, 0.1) is 29.3 Å². The van der Waals surface area contributed by atoms with E-state index in [0.29, 0.717) is 15.9 Å². The molecular formula is C22H13F3N2O8S. The summed E-state index contributed by atoms with van der Waals surface area (Å²) in [5, 5.41) is 10.3. The molecule has 10 nitrogen and oxygen atoms in total. The second kappa shape index (κ2) is 8.64. The molecular weight excluding hydrogens is 509 g/mol. The van der Waals surface area contributed by atoms with Gasteiger partial charge >= 0.3 is 11.7 Å². The predicted molar refractivity (Wildman–Crippen MR) is 118 cm³/mol. The Morgan fingerprint density at radius 2 is 1.92 bits per heavy atom. The first-order valence-corrected chi connectivity index (χ1v) is 10.9. The number of rotatable bonds is 6. The Kier molecular flexibility index (Phi) is 5.59. The first kappa shape index (κ1) is 23.3. The highest BCUT2D eigenvalue weighted by molar-refractivity contribution is 7.13. The quantitative estimate of drug-likeness (QED) is 0.395. The number of aromatic nitrogens is 2. The molecule has 0 spiro atoms. The molecule has 0 bridgehead atoms. The van der Waals surface area contributed by atoms with Crippen LogP contribution in [0.1, 0.15) is 15.2 Å². The van der Waals surface area contributed by atoms with E-state index in [-0.39, 0.29) is 38.6 Å². The number of H-pyrrole nitrogens is 1. The van der Waals surface area contributed by atoms with Gasteiger partial charge in [0.2, 0.25) is 18.3 Å². The van der Waals surface area contributed by atoms with Crippen LogP contribution in [-0.2, 0) is 6.61 Å². The molecule has 1 aliphatic rings. The molecule has 4 aromatic rings. The van der Waals surface area contributed by atoms with Crippen molar-refractivity contribution in [2.45, 2.75) is 6.61 Å². The van der Waals surface area contributed by atoms with Gasteiger partial charge in [0.1, 0.15) is 17.2 Å². The van der Waals surface area contributed by atoms with Crippen LogP contribution in [-0.4, -0.2) is 34.5 Å². The fourth-order valence-electron chi connectivity index (χ4n) is 3.73. The lowest BCUT2D eigenvalue weighted by atomic mass is 10.2. The van der Waals surface area contributed by atoms with Crippen LogP contribution >= 0.6 is 11.3 Å². The summed E-state index contributed by atoms with van der Waals surface area (Å²) in [5.41, 5.74) is -3.14. The number of fused-ring (bicyclic) bond motifs is 2. The number of thiophene rings is 1. The number of hydrogen-bond acceptors (Lipinski definition) is 8. The molecule has 0 fully saturated rings. The Morgan fingerprint density at radius 1 is 1.17 bits per heavy atom. The standard InChI is InChI=1S/C22H13F3N2O8S/c1-32-12-3-2-9(23)15(24)8(12)5-33-13-4-11(16(25)18-17(13)34-7-35-18)27-20(28)14-10(26-22(27)31)6-36-19(14)21(29)30/h2-4,6H,5,7H2,1H3,(H,26,31)(H,29,30). The van der Waals surface area contributed by atoms with Crippen LogP contribution in [0.25, 0.3) is 16.6 Å².